The van der Waals surface area contributed by atoms with Gasteiger partial charge >= 0.3 is 5.95 Å². The standard InChI is InChI=1S/C20H25ClN3O.BrH/c21-17-11-9-16(10-12-17)20(25)15-23-14-6-13-22-19(23)24(20)18-7-4-2-1-3-5-8-18;/h6,9-14,18,25H,1-5,7-8,15H2;1H/q+1;/p-1/t20-;/m1./s1. The molecule has 4 rings (SSSR count). The number of rotatable bonds is 2. The molecule has 26 heavy (non-hydrogen) atoms. The first-order valence-corrected chi connectivity index (χ1v) is 9.68. The third kappa shape index (κ3) is 3.62. The van der Waals surface area contributed by atoms with Crippen LogP contribution in [0.5, 0.6) is 0 Å². The summed E-state index contributed by atoms with van der Waals surface area (Å²) in [6, 6.07) is 9.81. The van der Waals surface area contributed by atoms with Crippen LogP contribution >= 0.6 is 11.6 Å². The maximum Gasteiger partial charge on any atom is 0.397 e. The number of halogens is 2. The Morgan fingerprint density at radius 2 is 1.73 bits per heavy atom. The normalized spacial score (nSPS) is 23.7. The van der Waals surface area contributed by atoms with E-state index >= 15 is 0 Å². The van der Waals surface area contributed by atoms with Crippen LogP contribution in [0.4, 0.5) is 5.95 Å². The summed E-state index contributed by atoms with van der Waals surface area (Å²) in [6.07, 6.45) is 12.4. The summed E-state index contributed by atoms with van der Waals surface area (Å²) in [5.74, 6) is 0.866. The molecule has 1 aromatic carbocycles. The Balaban J connectivity index is 0.00000196. The predicted molar refractivity (Wildman–Crippen MR) is 98.4 cm³/mol. The first-order chi connectivity index (χ1) is 12.2. The second-order valence-corrected chi connectivity index (χ2v) is 7.68. The van der Waals surface area contributed by atoms with Crippen molar-refractivity contribution in [1.82, 2.24) is 4.98 Å². The van der Waals surface area contributed by atoms with Crippen molar-refractivity contribution in [3.05, 3.63) is 53.3 Å². The van der Waals surface area contributed by atoms with Crippen molar-refractivity contribution < 1.29 is 26.7 Å². The molecule has 1 fully saturated rings. The molecule has 2 heterocycles. The van der Waals surface area contributed by atoms with Gasteiger partial charge in [-0.15, -0.1) is 0 Å². The fraction of sp³-hybridized carbons (Fsp3) is 0.500. The summed E-state index contributed by atoms with van der Waals surface area (Å²) in [6.45, 7) is 0.494. The van der Waals surface area contributed by atoms with E-state index in [0.29, 0.717) is 17.6 Å². The Hall–Kier alpha value is -1.17. The van der Waals surface area contributed by atoms with Crippen LogP contribution in [0.1, 0.15) is 50.5 Å². The predicted octanol–water partition coefficient (Wildman–Crippen LogP) is 0.805. The third-order valence-electron chi connectivity index (χ3n) is 5.55. The first kappa shape index (κ1) is 19.6. The Bertz CT molecular complexity index is 734. The molecule has 1 N–H and O–H groups in total. The Morgan fingerprint density at radius 1 is 1.08 bits per heavy atom. The monoisotopic (exact) mass is 437 g/mol. The first-order valence-electron chi connectivity index (χ1n) is 9.31. The number of hydrogen-bond donors (Lipinski definition) is 1. The lowest BCUT2D eigenvalue weighted by atomic mass is 9.92. The molecule has 140 valence electrons. The highest BCUT2D eigenvalue weighted by molar-refractivity contribution is 6.30. The van der Waals surface area contributed by atoms with Crippen molar-refractivity contribution in [1.29, 1.82) is 0 Å². The average Bonchev–Trinajstić information content (AvgIpc) is 2.89. The van der Waals surface area contributed by atoms with Crippen LogP contribution < -0.4 is 26.4 Å². The molecule has 1 atom stereocenters. The third-order valence-corrected chi connectivity index (χ3v) is 5.80. The van der Waals surface area contributed by atoms with Gasteiger partial charge in [0, 0.05) is 16.7 Å². The SMILES string of the molecule is O[C@@]1(c2ccc(Cl)cc2)C[n+]2cccnc2N1C1CCCCCCC1.[Br-]. The summed E-state index contributed by atoms with van der Waals surface area (Å²) in [5, 5.41) is 12.5. The number of aromatic nitrogens is 2. The van der Waals surface area contributed by atoms with Crippen LogP contribution in [-0.4, -0.2) is 16.1 Å². The van der Waals surface area contributed by atoms with Gasteiger partial charge < -0.3 is 22.1 Å². The lowest BCUT2D eigenvalue weighted by molar-refractivity contribution is -0.685. The van der Waals surface area contributed by atoms with Crippen molar-refractivity contribution >= 4 is 17.5 Å². The quantitative estimate of drug-likeness (QED) is 0.705. The van der Waals surface area contributed by atoms with Crippen molar-refractivity contribution in [3.8, 4) is 0 Å². The van der Waals surface area contributed by atoms with Gasteiger partial charge in [0.2, 0.25) is 5.72 Å². The average molecular weight is 439 g/mol. The molecular formula is C20H25BrClN3O. The fourth-order valence-corrected chi connectivity index (χ4v) is 4.43. The zero-order valence-corrected chi connectivity index (χ0v) is 17.2. The van der Waals surface area contributed by atoms with Crippen LogP contribution in [-0.2, 0) is 12.3 Å². The summed E-state index contributed by atoms with van der Waals surface area (Å²) < 4.78 is 2.06. The molecule has 1 aromatic heterocycles. The van der Waals surface area contributed by atoms with Crippen molar-refractivity contribution in [2.75, 3.05) is 4.90 Å². The van der Waals surface area contributed by atoms with Crippen molar-refractivity contribution in [2.24, 2.45) is 0 Å². The largest absolute Gasteiger partial charge is 1.00 e. The van der Waals surface area contributed by atoms with Gasteiger partial charge in [-0.05, 0) is 25.0 Å². The van der Waals surface area contributed by atoms with E-state index in [-0.39, 0.29) is 17.0 Å². The number of fused-ring (bicyclic) bond motifs is 1. The summed E-state index contributed by atoms with van der Waals surface area (Å²) in [5.41, 5.74) is -0.194. The van der Waals surface area contributed by atoms with Gasteiger partial charge in [-0.25, -0.2) is 9.47 Å². The van der Waals surface area contributed by atoms with Crippen LogP contribution in [0.2, 0.25) is 5.02 Å². The molecule has 0 spiro atoms. The van der Waals surface area contributed by atoms with E-state index in [1.54, 1.807) is 0 Å². The van der Waals surface area contributed by atoms with E-state index in [1.807, 2.05) is 42.7 Å². The highest BCUT2D eigenvalue weighted by Crippen LogP contribution is 2.38. The zero-order chi connectivity index (χ0) is 17.3. The minimum Gasteiger partial charge on any atom is -1.00 e. The summed E-state index contributed by atoms with van der Waals surface area (Å²) in [4.78, 5) is 6.78. The zero-order valence-electron chi connectivity index (χ0n) is 14.8. The van der Waals surface area contributed by atoms with Crippen LogP contribution in [0.15, 0.2) is 42.7 Å². The van der Waals surface area contributed by atoms with Gasteiger partial charge in [-0.3, -0.25) is 0 Å². The lowest BCUT2D eigenvalue weighted by Gasteiger charge is -2.35. The van der Waals surface area contributed by atoms with Gasteiger partial charge in [0.1, 0.15) is 12.7 Å². The molecule has 1 aliphatic heterocycles. The Morgan fingerprint density at radius 3 is 2.42 bits per heavy atom. The molecule has 0 saturated heterocycles. The second kappa shape index (κ2) is 8.24. The molecule has 6 heteroatoms. The topological polar surface area (TPSA) is 40.2 Å². The van der Waals surface area contributed by atoms with E-state index in [1.165, 1.54) is 32.1 Å². The maximum absolute atomic E-state index is 11.8. The van der Waals surface area contributed by atoms with Gasteiger partial charge in [-0.1, -0.05) is 60.8 Å². The number of aliphatic hydroxyl groups is 1. The molecule has 1 aliphatic carbocycles. The fourth-order valence-electron chi connectivity index (χ4n) is 4.30. The van der Waals surface area contributed by atoms with E-state index in [2.05, 4.69) is 14.5 Å². The number of nitrogens with zero attached hydrogens (tertiary/aromatic N) is 3. The smallest absolute Gasteiger partial charge is 0.397 e. The van der Waals surface area contributed by atoms with E-state index < -0.39 is 5.72 Å². The van der Waals surface area contributed by atoms with E-state index in [0.717, 1.165) is 24.4 Å². The van der Waals surface area contributed by atoms with Crippen LogP contribution in [0, 0.1) is 0 Å². The molecule has 0 amide bonds. The van der Waals surface area contributed by atoms with Gasteiger partial charge in [0.05, 0.1) is 12.2 Å². The molecule has 4 nitrogen and oxygen atoms in total. The number of anilines is 1. The number of hydrogen-bond acceptors (Lipinski definition) is 3. The molecule has 2 aromatic rings. The minimum atomic E-state index is -1.07. The molecular weight excluding hydrogens is 414 g/mol. The maximum atomic E-state index is 11.8. The van der Waals surface area contributed by atoms with Crippen molar-refractivity contribution in [3.63, 3.8) is 0 Å². The van der Waals surface area contributed by atoms with E-state index in [4.69, 9.17) is 11.6 Å². The Labute approximate surface area is 170 Å². The molecule has 0 bridgehead atoms. The summed E-state index contributed by atoms with van der Waals surface area (Å²) in [7, 11) is 0. The molecule has 2 aliphatic rings. The highest BCUT2D eigenvalue weighted by atomic mass is 79.9. The van der Waals surface area contributed by atoms with Crippen LogP contribution in [0.25, 0.3) is 0 Å². The lowest BCUT2D eigenvalue weighted by Crippen LogP contribution is -3.00. The summed E-state index contributed by atoms with van der Waals surface area (Å²) >= 11 is 6.06. The van der Waals surface area contributed by atoms with Crippen molar-refractivity contribution in [2.45, 2.75) is 63.3 Å². The molecule has 1 saturated carbocycles. The highest BCUT2D eigenvalue weighted by Gasteiger charge is 2.54. The Kier molecular flexibility index (Phi) is 6.21. The second-order valence-electron chi connectivity index (χ2n) is 7.24. The minimum absolute atomic E-state index is 0. The van der Waals surface area contributed by atoms with E-state index in [9.17, 15) is 5.11 Å². The number of benzene rings is 1. The van der Waals surface area contributed by atoms with Gasteiger partial charge in [0.15, 0.2) is 0 Å². The molecule has 0 radical (unpaired) electrons. The van der Waals surface area contributed by atoms with Gasteiger partial charge in [0.25, 0.3) is 0 Å². The van der Waals surface area contributed by atoms with Gasteiger partial charge in [-0.2, -0.15) is 0 Å². The van der Waals surface area contributed by atoms with Crippen LogP contribution in [0.3, 0.4) is 0 Å². The molecule has 0 unspecified atom stereocenters.